The molecule has 1 fully saturated rings. The lowest BCUT2D eigenvalue weighted by molar-refractivity contribution is 0.202. The van der Waals surface area contributed by atoms with Crippen LogP contribution in [0.5, 0.6) is 0 Å². The quantitative estimate of drug-likeness (QED) is 0.718. The lowest BCUT2D eigenvalue weighted by Crippen LogP contribution is -2.38. The van der Waals surface area contributed by atoms with Crippen molar-refractivity contribution in [3.63, 3.8) is 0 Å². The van der Waals surface area contributed by atoms with Gasteiger partial charge in [0.1, 0.15) is 5.82 Å². The summed E-state index contributed by atoms with van der Waals surface area (Å²) in [5.41, 5.74) is 3.44. The van der Waals surface area contributed by atoms with Gasteiger partial charge in [-0.15, -0.1) is 11.6 Å². The number of rotatable bonds is 7. The molecule has 1 aromatic rings. The summed E-state index contributed by atoms with van der Waals surface area (Å²) >= 11 is 6.17. The molecule has 1 aromatic heterocycles. The van der Waals surface area contributed by atoms with E-state index in [1.807, 2.05) is 6.92 Å². The molecule has 1 aliphatic carbocycles. The van der Waals surface area contributed by atoms with Gasteiger partial charge < -0.3 is 9.64 Å². The number of anilines is 1. The molecule has 1 saturated carbocycles. The average Bonchev–Trinajstić information content (AvgIpc) is 3.22. The van der Waals surface area contributed by atoms with Crippen LogP contribution in [0.4, 0.5) is 5.82 Å². The van der Waals surface area contributed by atoms with E-state index in [0.29, 0.717) is 18.5 Å². The van der Waals surface area contributed by atoms with E-state index in [4.69, 9.17) is 21.3 Å². The largest absolute Gasteiger partial charge is 0.383 e. The van der Waals surface area contributed by atoms with Crippen LogP contribution in [-0.2, 0) is 10.6 Å². The molecule has 0 saturated heterocycles. The number of nitrogens with zero attached hydrogens (tertiary/aromatic N) is 2. The Bertz CT molecular complexity index is 460. The molecule has 1 aliphatic rings. The van der Waals surface area contributed by atoms with Gasteiger partial charge in [-0.1, -0.05) is 0 Å². The summed E-state index contributed by atoms with van der Waals surface area (Å²) < 4.78 is 5.28. The second kappa shape index (κ2) is 6.77. The lowest BCUT2D eigenvalue weighted by Gasteiger charge is -2.32. The van der Waals surface area contributed by atoms with Gasteiger partial charge in [0.2, 0.25) is 0 Å². The van der Waals surface area contributed by atoms with Crippen LogP contribution in [0.15, 0.2) is 6.07 Å². The first-order valence-electron chi connectivity index (χ1n) is 7.37. The summed E-state index contributed by atoms with van der Waals surface area (Å²) in [7, 11) is 1.75. The van der Waals surface area contributed by atoms with Gasteiger partial charge in [0, 0.05) is 31.0 Å². The van der Waals surface area contributed by atoms with Crippen molar-refractivity contribution in [2.75, 3.05) is 25.2 Å². The standard InChI is InChI=1S/C16H25ClN2O/c1-11-9-12(2)18-16(15(11)10-17)19(7-8-20-4)13(3)14-5-6-14/h9,13-14H,5-8,10H2,1-4H3. The summed E-state index contributed by atoms with van der Waals surface area (Å²) in [6.45, 7) is 8.04. The number of hydrogen-bond donors (Lipinski definition) is 0. The van der Waals surface area contributed by atoms with Crippen molar-refractivity contribution < 1.29 is 4.74 Å². The highest BCUT2D eigenvalue weighted by Crippen LogP contribution is 2.37. The van der Waals surface area contributed by atoms with E-state index < -0.39 is 0 Å². The number of methoxy groups -OCH3 is 1. The fourth-order valence-corrected chi connectivity index (χ4v) is 3.10. The number of alkyl halides is 1. The maximum absolute atomic E-state index is 6.17. The summed E-state index contributed by atoms with van der Waals surface area (Å²) in [5.74, 6) is 2.35. The highest BCUT2D eigenvalue weighted by atomic mass is 35.5. The first-order valence-corrected chi connectivity index (χ1v) is 7.90. The van der Waals surface area contributed by atoms with E-state index in [0.717, 1.165) is 29.5 Å². The van der Waals surface area contributed by atoms with E-state index in [-0.39, 0.29) is 0 Å². The van der Waals surface area contributed by atoms with Gasteiger partial charge in [-0.25, -0.2) is 4.98 Å². The van der Waals surface area contributed by atoms with E-state index in [2.05, 4.69) is 24.8 Å². The first kappa shape index (κ1) is 15.6. The lowest BCUT2D eigenvalue weighted by atomic mass is 10.1. The van der Waals surface area contributed by atoms with Gasteiger partial charge in [0.25, 0.3) is 0 Å². The predicted molar refractivity (Wildman–Crippen MR) is 84.7 cm³/mol. The molecule has 1 unspecified atom stereocenters. The minimum Gasteiger partial charge on any atom is -0.383 e. The van der Waals surface area contributed by atoms with Crippen LogP contribution in [0.3, 0.4) is 0 Å². The Balaban J connectivity index is 2.35. The number of pyridine rings is 1. The van der Waals surface area contributed by atoms with Gasteiger partial charge in [0.15, 0.2) is 0 Å². The maximum Gasteiger partial charge on any atom is 0.133 e. The molecular formula is C16H25ClN2O. The Morgan fingerprint density at radius 3 is 2.70 bits per heavy atom. The van der Waals surface area contributed by atoms with Crippen LogP contribution >= 0.6 is 11.6 Å². The first-order chi connectivity index (χ1) is 9.58. The molecule has 112 valence electrons. The molecule has 0 aliphatic heterocycles. The van der Waals surface area contributed by atoms with Crippen LogP contribution in [0.25, 0.3) is 0 Å². The molecule has 20 heavy (non-hydrogen) atoms. The van der Waals surface area contributed by atoms with Gasteiger partial charge in [0.05, 0.1) is 12.5 Å². The van der Waals surface area contributed by atoms with E-state index >= 15 is 0 Å². The second-order valence-electron chi connectivity index (χ2n) is 5.78. The smallest absolute Gasteiger partial charge is 0.133 e. The van der Waals surface area contributed by atoms with Crippen LogP contribution in [0.2, 0.25) is 0 Å². The van der Waals surface area contributed by atoms with Crippen molar-refractivity contribution >= 4 is 17.4 Å². The molecule has 0 N–H and O–H groups in total. The van der Waals surface area contributed by atoms with E-state index in [9.17, 15) is 0 Å². The van der Waals surface area contributed by atoms with Crippen molar-refractivity contribution in [3.05, 3.63) is 22.9 Å². The Morgan fingerprint density at radius 1 is 1.45 bits per heavy atom. The second-order valence-corrected chi connectivity index (χ2v) is 6.05. The molecule has 0 radical (unpaired) electrons. The van der Waals surface area contributed by atoms with Crippen LogP contribution in [0.1, 0.15) is 36.6 Å². The summed E-state index contributed by atoms with van der Waals surface area (Å²) in [6.07, 6.45) is 2.65. The van der Waals surface area contributed by atoms with Crippen molar-refractivity contribution in [1.29, 1.82) is 0 Å². The van der Waals surface area contributed by atoms with Gasteiger partial charge in [-0.3, -0.25) is 0 Å². The molecule has 0 bridgehead atoms. The highest BCUT2D eigenvalue weighted by molar-refractivity contribution is 6.17. The van der Waals surface area contributed by atoms with Crippen molar-refractivity contribution in [3.8, 4) is 0 Å². The van der Waals surface area contributed by atoms with Crippen LogP contribution in [0, 0.1) is 19.8 Å². The Morgan fingerprint density at radius 2 is 2.15 bits per heavy atom. The van der Waals surface area contributed by atoms with Gasteiger partial charge >= 0.3 is 0 Å². The van der Waals surface area contributed by atoms with Crippen LogP contribution in [-0.4, -0.2) is 31.3 Å². The Hall–Kier alpha value is -0.800. The zero-order valence-electron chi connectivity index (χ0n) is 12.9. The number of hydrogen-bond acceptors (Lipinski definition) is 3. The molecule has 1 atom stereocenters. The zero-order valence-corrected chi connectivity index (χ0v) is 13.7. The Labute approximate surface area is 127 Å². The fourth-order valence-electron chi connectivity index (χ4n) is 2.77. The summed E-state index contributed by atoms with van der Waals surface area (Å²) in [5, 5.41) is 0. The summed E-state index contributed by atoms with van der Waals surface area (Å²) in [6, 6.07) is 2.61. The molecule has 3 nitrogen and oxygen atoms in total. The van der Waals surface area contributed by atoms with E-state index in [1.165, 1.54) is 18.4 Å². The third-order valence-electron chi connectivity index (χ3n) is 4.19. The minimum atomic E-state index is 0.501. The van der Waals surface area contributed by atoms with Crippen molar-refractivity contribution in [2.45, 2.75) is 45.5 Å². The third kappa shape index (κ3) is 3.44. The van der Waals surface area contributed by atoms with Gasteiger partial charge in [-0.2, -0.15) is 0 Å². The summed E-state index contributed by atoms with van der Waals surface area (Å²) in [4.78, 5) is 7.16. The number of aryl methyl sites for hydroxylation is 2. The molecule has 0 amide bonds. The number of aromatic nitrogens is 1. The molecule has 0 aromatic carbocycles. The topological polar surface area (TPSA) is 25.4 Å². The molecule has 1 heterocycles. The molecule has 0 spiro atoms. The average molecular weight is 297 g/mol. The number of halogens is 1. The van der Waals surface area contributed by atoms with Crippen LogP contribution < -0.4 is 4.90 Å². The SMILES string of the molecule is COCCN(c1nc(C)cc(C)c1CCl)C(C)C1CC1. The zero-order chi connectivity index (χ0) is 14.7. The monoisotopic (exact) mass is 296 g/mol. The molecular weight excluding hydrogens is 272 g/mol. The minimum absolute atomic E-state index is 0.501. The maximum atomic E-state index is 6.17. The molecule has 2 rings (SSSR count). The van der Waals surface area contributed by atoms with Crippen molar-refractivity contribution in [1.82, 2.24) is 4.98 Å². The Kier molecular flexibility index (Phi) is 5.28. The predicted octanol–water partition coefficient (Wildman–Crippen LogP) is 3.69. The van der Waals surface area contributed by atoms with Crippen molar-refractivity contribution in [2.24, 2.45) is 5.92 Å². The van der Waals surface area contributed by atoms with Gasteiger partial charge in [-0.05, 0) is 51.2 Å². The third-order valence-corrected chi connectivity index (χ3v) is 4.46. The number of ether oxygens (including phenoxy) is 1. The fraction of sp³-hybridized carbons (Fsp3) is 0.688. The van der Waals surface area contributed by atoms with E-state index in [1.54, 1.807) is 7.11 Å². The molecule has 4 heteroatoms. The highest BCUT2D eigenvalue weighted by Gasteiger charge is 2.33. The normalized spacial score (nSPS) is 16.2.